The number of rotatable bonds is 5. The Morgan fingerprint density at radius 1 is 1.05 bits per heavy atom. The summed E-state index contributed by atoms with van der Waals surface area (Å²) in [7, 11) is 0. The van der Waals surface area contributed by atoms with E-state index in [9.17, 15) is 9.59 Å². The fourth-order valence-electron chi connectivity index (χ4n) is 2.68. The van der Waals surface area contributed by atoms with Gasteiger partial charge >= 0.3 is 0 Å². The molecule has 4 nitrogen and oxygen atoms in total. The van der Waals surface area contributed by atoms with Crippen LogP contribution in [0.5, 0.6) is 0 Å². The number of nitrogens with zero attached hydrogens (tertiary/aromatic N) is 2. The lowest BCUT2D eigenvalue weighted by molar-refractivity contribution is -0.139. The molecular weight excluding hydrogens is 300 g/mol. The summed E-state index contributed by atoms with van der Waals surface area (Å²) < 4.78 is 0. The number of halogens is 1. The van der Waals surface area contributed by atoms with Crippen LogP contribution in [0, 0.1) is 0 Å². The van der Waals surface area contributed by atoms with Crippen molar-refractivity contribution in [2.75, 3.05) is 26.2 Å². The molecule has 1 aromatic carbocycles. The van der Waals surface area contributed by atoms with Crippen LogP contribution < -0.4 is 0 Å². The molecule has 1 aliphatic rings. The van der Waals surface area contributed by atoms with Gasteiger partial charge in [-0.2, -0.15) is 0 Å². The van der Waals surface area contributed by atoms with Crippen LogP contribution in [-0.2, 0) is 16.0 Å². The smallest absolute Gasteiger partial charge is 0.223 e. The summed E-state index contributed by atoms with van der Waals surface area (Å²) >= 11 is 5.95. The predicted molar refractivity (Wildman–Crippen MR) is 87.8 cm³/mol. The summed E-state index contributed by atoms with van der Waals surface area (Å²) in [4.78, 5) is 27.8. The number of piperazine rings is 1. The Labute approximate surface area is 137 Å². The Morgan fingerprint density at radius 2 is 1.64 bits per heavy atom. The SMILES string of the molecule is CCCC(=O)N1CCN(C(=O)CCc2cccc(Cl)c2)CC1. The standard InChI is InChI=1S/C17H23ClN2O2/c1-2-4-16(21)19-9-11-20(12-10-19)17(22)8-7-14-5-3-6-15(18)13-14/h3,5-6,13H,2,4,7-12H2,1H3. The van der Waals surface area contributed by atoms with E-state index in [1.165, 1.54) is 0 Å². The molecule has 0 radical (unpaired) electrons. The van der Waals surface area contributed by atoms with Gasteiger partial charge in [0, 0.05) is 44.0 Å². The molecule has 0 spiro atoms. The highest BCUT2D eigenvalue weighted by atomic mass is 35.5. The van der Waals surface area contributed by atoms with Gasteiger partial charge in [-0.05, 0) is 30.5 Å². The first-order valence-electron chi connectivity index (χ1n) is 7.90. The fraction of sp³-hybridized carbons (Fsp3) is 0.529. The van der Waals surface area contributed by atoms with Crippen LogP contribution in [0.1, 0.15) is 31.7 Å². The molecule has 1 aliphatic heterocycles. The topological polar surface area (TPSA) is 40.6 Å². The molecule has 1 fully saturated rings. The summed E-state index contributed by atoms with van der Waals surface area (Å²) in [6.07, 6.45) is 2.66. The van der Waals surface area contributed by atoms with E-state index < -0.39 is 0 Å². The average molecular weight is 323 g/mol. The van der Waals surface area contributed by atoms with Crippen LogP contribution in [0.25, 0.3) is 0 Å². The first kappa shape index (κ1) is 16.8. The first-order chi connectivity index (χ1) is 10.6. The van der Waals surface area contributed by atoms with E-state index in [2.05, 4.69) is 0 Å². The van der Waals surface area contributed by atoms with Crippen LogP contribution >= 0.6 is 11.6 Å². The van der Waals surface area contributed by atoms with Crippen molar-refractivity contribution in [3.63, 3.8) is 0 Å². The van der Waals surface area contributed by atoms with E-state index in [1.807, 2.05) is 41.0 Å². The molecule has 2 rings (SSSR count). The largest absolute Gasteiger partial charge is 0.339 e. The molecule has 5 heteroatoms. The fourth-order valence-corrected chi connectivity index (χ4v) is 2.89. The molecule has 0 atom stereocenters. The molecule has 1 heterocycles. The number of hydrogen-bond acceptors (Lipinski definition) is 2. The van der Waals surface area contributed by atoms with Crippen LogP contribution in [-0.4, -0.2) is 47.8 Å². The van der Waals surface area contributed by atoms with Crippen molar-refractivity contribution in [1.82, 2.24) is 9.80 Å². The van der Waals surface area contributed by atoms with E-state index in [0.29, 0.717) is 50.5 Å². The molecule has 0 aliphatic carbocycles. The number of carbonyl (C=O) groups excluding carboxylic acids is 2. The lowest BCUT2D eigenvalue weighted by atomic mass is 10.1. The van der Waals surface area contributed by atoms with Gasteiger partial charge in [0.2, 0.25) is 11.8 Å². The van der Waals surface area contributed by atoms with Crippen LogP contribution in [0.4, 0.5) is 0 Å². The maximum atomic E-state index is 12.2. The molecule has 0 bridgehead atoms. The van der Waals surface area contributed by atoms with E-state index in [1.54, 1.807) is 0 Å². The maximum absolute atomic E-state index is 12.2. The van der Waals surface area contributed by atoms with Crippen molar-refractivity contribution in [2.24, 2.45) is 0 Å². The Morgan fingerprint density at radius 3 is 2.18 bits per heavy atom. The molecule has 120 valence electrons. The van der Waals surface area contributed by atoms with Crippen LogP contribution in [0.2, 0.25) is 5.02 Å². The van der Waals surface area contributed by atoms with Gasteiger partial charge in [-0.15, -0.1) is 0 Å². The van der Waals surface area contributed by atoms with Gasteiger partial charge in [-0.3, -0.25) is 9.59 Å². The zero-order valence-corrected chi connectivity index (χ0v) is 13.8. The van der Waals surface area contributed by atoms with Crippen molar-refractivity contribution in [3.05, 3.63) is 34.9 Å². The third-order valence-corrected chi connectivity index (χ3v) is 4.20. The van der Waals surface area contributed by atoms with Crippen molar-refractivity contribution in [3.8, 4) is 0 Å². The molecule has 0 aromatic heterocycles. The number of aryl methyl sites for hydroxylation is 1. The highest BCUT2D eigenvalue weighted by molar-refractivity contribution is 6.30. The molecule has 1 saturated heterocycles. The van der Waals surface area contributed by atoms with Crippen molar-refractivity contribution >= 4 is 23.4 Å². The van der Waals surface area contributed by atoms with Gasteiger partial charge in [0.25, 0.3) is 0 Å². The van der Waals surface area contributed by atoms with Gasteiger partial charge < -0.3 is 9.80 Å². The Balaban J connectivity index is 1.76. The van der Waals surface area contributed by atoms with Crippen molar-refractivity contribution in [1.29, 1.82) is 0 Å². The second kappa shape index (κ2) is 8.18. The minimum Gasteiger partial charge on any atom is -0.339 e. The summed E-state index contributed by atoms with van der Waals surface area (Å²) in [6, 6.07) is 7.62. The van der Waals surface area contributed by atoms with Gasteiger partial charge in [0.1, 0.15) is 0 Å². The summed E-state index contributed by atoms with van der Waals surface area (Å²) in [5, 5.41) is 0.702. The minimum atomic E-state index is 0.155. The van der Waals surface area contributed by atoms with E-state index in [-0.39, 0.29) is 11.8 Å². The third-order valence-electron chi connectivity index (χ3n) is 3.97. The molecule has 0 unspecified atom stereocenters. The zero-order chi connectivity index (χ0) is 15.9. The van der Waals surface area contributed by atoms with Crippen LogP contribution in [0.3, 0.4) is 0 Å². The summed E-state index contributed by atoms with van der Waals surface area (Å²) in [6.45, 7) is 4.60. The second-order valence-electron chi connectivity index (χ2n) is 5.64. The second-order valence-corrected chi connectivity index (χ2v) is 6.08. The van der Waals surface area contributed by atoms with Gasteiger partial charge in [-0.25, -0.2) is 0 Å². The van der Waals surface area contributed by atoms with E-state index in [4.69, 9.17) is 11.6 Å². The molecule has 2 amide bonds. The number of carbonyl (C=O) groups is 2. The summed E-state index contributed by atoms with van der Waals surface area (Å²) in [5.41, 5.74) is 1.08. The number of hydrogen-bond donors (Lipinski definition) is 0. The lowest BCUT2D eigenvalue weighted by Gasteiger charge is -2.35. The molecule has 0 saturated carbocycles. The number of benzene rings is 1. The predicted octanol–water partition coefficient (Wildman–Crippen LogP) is 2.74. The highest BCUT2D eigenvalue weighted by Crippen LogP contribution is 2.13. The normalized spacial score (nSPS) is 15.0. The Hall–Kier alpha value is -1.55. The first-order valence-corrected chi connectivity index (χ1v) is 8.28. The third kappa shape index (κ3) is 4.73. The summed E-state index contributed by atoms with van der Waals surface area (Å²) in [5.74, 6) is 0.357. The van der Waals surface area contributed by atoms with Crippen molar-refractivity contribution < 1.29 is 9.59 Å². The lowest BCUT2D eigenvalue weighted by Crippen LogP contribution is -2.50. The highest BCUT2D eigenvalue weighted by Gasteiger charge is 2.23. The quantitative estimate of drug-likeness (QED) is 0.836. The molecule has 1 aromatic rings. The van der Waals surface area contributed by atoms with E-state index >= 15 is 0 Å². The van der Waals surface area contributed by atoms with Crippen molar-refractivity contribution in [2.45, 2.75) is 32.6 Å². The molecular formula is C17H23ClN2O2. The van der Waals surface area contributed by atoms with Crippen LogP contribution in [0.15, 0.2) is 24.3 Å². The maximum Gasteiger partial charge on any atom is 0.223 e. The Bertz CT molecular complexity index is 525. The average Bonchev–Trinajstić information content (AvgIpc) is 2.53. The monoisotopic (exact) mass is 322 g/mol. The molecule has 22 heavy (non-hydrogen) atoms. The van der Waals surface area contributed by atoms with Gasteiger partial charge in [0.05, 0.1) is 0 Å². The molecule has 0 N–H and O–H groups in total. The van der Waals surface area contributed by atoms with Gasteiger partial charge in [-0.1, -0.05) is 30.7 Å². The zero-order valence-electron chi connectivity index (χ0n) is 13.1. The van der Waals surface area contributed by atoms with E-state index in [0.717, 1.165) is 12.0 Å². The Kier molecular flexibility index (Phi) is 6.25. The minimum absolute atomic E-state index is 0.155. The van der Waals surface area contributed by atoms with Gasteiger partial charge in [0.15, 0.2) is 0 Å². The number of amides is 2.